The van der Waals surface area contributed by atoms with E-state index in [2.05, 4.69) is 19.9 Å². The Balaban J connectivity index is 2.29. The highest BCUT2D eigenvalue weighted by Gasteiger charge is 2.20. The number of nitrogens with two attached hydrogens (primary N) is 2. The molecule has 0 atom stereocenters. The molecule has 0 spiro atoms. The lowest BCUT2D eigenvalue weighted by atomic mass is 10.1. The number of aromatic nitrogens is 3. The van der Waals surface area contributed by atoms with Crippen LogP contribution in [-0.2, 0) is 4.79 Å². The van der Waals surface area contributed by atoms with Gasteiger partial charge in [0.1, 0.15) is 0 Å². The Morgan fingerprint density at radius 3 is 2.48 bits per heavy atom. The molecule has 116 valence electrons. The molecule has 0 unspecified atom stereocenters. The van der Waals surface area contributed by atoms with Crippen LogP contribution in [0.5, 0.6) is 0 Å². The maximum absolute atomic E-state index is 11.2. The highest BCUT2D eigenvalue weighted by atomic mass is 16.1. The van der Waals surface area contributed by atoms with Gasteiger partial charge in [-0.3, -0.25) is 4.79 Å². The zero-order valence-electron chi connectivity index (χ0n) is 12.6. The van der Waals surface area contributed by atoms with Crippen LogP contribution in [0.2, 0.25) is 0 Å². The molecule has 0 aromatic carbocycles. The van der Waals surface area contributed by atoms with Crippen molar-refractivity contribution in [2.24, 2.45) is 5.73 Å². The zero-order valence-corrected chi connectivity index (χ0v) is 12.6. The fraction of sp³-hybridized carbons (Fsp3) is 0.692. The summed E-state index contributed by atoms with van der Waals surface area (Å²) in [7, 11) is 0. The molecule has 8 nitrogen and oxygen atoms in total. The van der Waals surface area contributed by atoms with E-state index >= 15 is 0 Å². The van der Waals surface area contributed by atoms with Gasteiger partial charge in [0, 0.05) is 19.1 Å². The number of piperidine rings is 1. The normalized spacial score (nSPS) is 15.3. The third-order valence-electron chi connectivity index (χ3n) is 3.47. The maximum atomic E-state index is 11.2. The molecule has 2 heterocycles. The van der Waals surface area contributed by atoms with Gasteiger partial charge < -0.3 is 21.3 Å². The summed E-state index contributed by atoms with van der Waals surface area (Å²) >= 11 is 0. The number of amides is 1. The molecule has 0 aliphatic carbocycles. The Hall–Kier alpha value is -2.12. The Morgan fingerprint density at radius 1 is 1.24 bits per heavy atom. The van der Waals surface area contributed by atoms with E-state index in [4.69, 9.17) is 11.5 Å². The molecular weight excluding hydrogens is 270 g/mol. The van der Waals surface area contributed by atoms with Gasteiger partial charge >= 0.3 is 0 Å². The number of nitrogens with zero attached hydrogens (tertiary/aromatic N) is 5. The van der Waals surface area contributed by atoms with Gasteiger partial charge in [-0.25, -0.2) is 0 Å². The number of anilines is 3. The molecule has 0 bridgehead atoms. The van der Waals surface area contributed by atoms with Crippen molar-refractivity contribution in [3.63, 3.8) is 0 Å². The highest BCUT2D eigenvalue weighted by Crippen LogP contribution is 2.20. The van der Waals surface area contributed by atoms with E-state index in [1.54, 1.807) is 4.90 Å². The van der Waals surface area contributed by atoms with Gasteiger partial charge in [-0.15, -0.1) is 0 Å². The molecule has 1 aromatic heterocycles. The number of carbonyl (C=O) groups is 1. The van der Waals surface area contributed by atoms with Crippen molar-refractivity contribution < 1.29 is 4.79 Å². The van der Waals surface area contributed by atoms with Crippen LogP contribution in [0.1, 0.15) is 33.1 Å². The van der Waals surface area contributed by atoms with Crippen LogP contribution in [0.25, 0.3) is 0 Å². The molecule has 21 heavy (non-hydrogen) atoms. The second-order valence-electron chi connectivity index (χ2n) is 5.53. The molecule has 1 aliphatic heterocycles. The standard InChI is InChI=1S/C13H23N7O/c1-9(2)20(8-10(14)21)13-17-11(15)16-12(18-13)19-6-4-3-5-7-19/h9H,3-8H2,1-2H3,(H2,14,21)(H2,15,16,17,18). The highest BCUT2D eigenvalue weighted by molar-refractivity contribution is 5.79. The van der Waals surface area contributed by atoms with Crippen LogP contribution < -0.4 is 21.3 Å². The van der Waals surface area contributed by atoms with E-state index in [1.165, 1.54) is 6.42 Å². The minimum atomic E-state index is -0.429. The zero-order chi connectivity index (χ0) is 15.4. The lowest BCUT2D eigenvalue weighted by Crippen LogP contribution is -2.40. The molecule has 1 aromatic rings. The number of nitrogen functional groups attached to an aromatic ring is 1. The summed E-state index contributed by atoms with van der Waals surface area (Å²) in [5.74, 6) is 0.710. The second kappa shape index (κ2) is 6.55. The quantitative estimate of drug-likeness (QED) is 0.793. The lowest BCUT2D eigenvalue weighted by molar-refractivity contribution is -0.116. The van der Waals surface area contributed by atoms with Crippen LogP contribution >= 0.6 is 0 Å². The summed E-state index contributed by atoms with van der Waals surface area (Å²) in [5, 5.41) is 0. The largest absolute Gasteiger partial charge is 0.368 e. The van der Waals surface area contributed by atoms with Crippen LogP contribution in [0, 0.1) is 0 Å². The van der Waals surface area contributed by atoms with Crippen molar-refractivity contribution in [1.82, 2.24) is 15.0 Å². The third kappa shape index (κ3) is 3.93. The number of carbonyl (C=O) groups excluding carboxylic acids is 1. The average Bonchev–Trinajstić information content (AvgIpc) is 2.44. The Bertz CT molecular complexity index is 499. The van der Waals surface area contributed by atoms with Gasteiger partial charge in [-0.1, -0.05) is 0 Å². The molecule has 0 saturated carbocycles. The van der Waals surface area contributed by atoms with Crippen LogP contribution in [-0.4, -0.2) is 46.5 Å². The van der Waals surface area contributed by atoms with Gasteiger partial charge in [0.2, 0.25) is 23.8 Å². The minimum absolute atomic E-state index is 0.0357. The molecule has 0 radical (unpaired) electrons. The summed E-state index contributed by atoms with van der Waals surface area (Å²) in [6.07, 6.45) is 3.47. The SMILES string of the molecule is CC(C)N(CC(N)=O)c1nc(N)nc(N2CCCCC2)n1. The molecule has 1 aliphatic rings. The third-order valence-corrected chi connectivity index (χ3v) is 3.47. The van der Waals surface area contributed by atoms with Crippen molar-refractivity contribution in [2.45, 2.75) is 39.2 Å². The van der Waals surface area contributed by atoms with Crippen molar-refractivity contribution in [1.29, 1.82) is 0 Å². The molecule has 1 fully saturated rings. The summed E-state index contributed by atoms with van der Waals surface area (Å²) in [6.45, 7) is 5.79. The number of primary amides is 1. The Morgan fingerprint density at radius 2 is 1.90 bits per heavy atom. The van der Waals surface area contributed by atoms with E-state index in [1.807, 2.05) is 13.8 Å². The topological polar surface area (TPSA) is 114 Å². The number of rotatable bonds is 5. The van der Waals surface area contributed by atoms with Gasteiger partial charge in [-0.2, -0.15) is 15.0 Å². The van der Waals surface area contributed by atoms with E-state index in [0.717, 1.165) is 25.9 Å². The van der Waals surface area contributed by atoms with Crippen molar-refractivity contribution in [2.75, 3.05) is 35.2 Å². The van der Waals surface area contributed by atoms with Gasteiger partial charge in [0.25, 0.3) is 0 Å². The summed E-state index contributed by atoms with van der Waals surface area (Å²) in [6, 6.07) is 0.0357. The first-order chi connectivity index (χ1) is 9.97. The molecule has 1 saturated heterocycles. The van der Waals surface area contributed by atoms with E-state index in [9.17, 15) is 4.79 Å². The summed E-state index contributed by atoms with van der Waals surface area (Å²) < 4.78 is 0. The monoisotopic (exact) mass is 293 g/mol. The number of hydrogen-bond donors (Lipinski definition) is 2. The first-order valence-electron chi connectivity index (χ1n) is 7.29. The predicted molar refractivity (Wildman–Crippen MR) is 82.0 cm³/mol. The van der Waals surface area contributed by atoms with Crippen molar-refractivity contribution in [3.8, 4) is 0 Å². The molecule has 1 amide bonds. The Labute approximate surface area is 124 Å². The van der Waals surface area contributed by atoms with Gasteiger partial charge in [-0.05, 0) is 33.1 Å². The summed E-state index contributed by atoms with van der Waals surface area (Å²) in [4.78, 5) is 27.9. The molecule has 4 N–H and O–H groups in total. The van der Waals surface area contributed by atoms with E-state index in [0.29, 0.717) is 11.9 Å². The molecule has 8 heteroatoms. The van der Waals surface area contributed by atoms with E-state index in [-0.39, 0.29) is 18.5 Å². The van der Waals surface area contributed by atoms with Crippen LogP contribution in [0.4, 0.5) is 17.8 Å². The second-order valence-corrected chi connectivity index (χ2v) is 5.53. The van der Waals surface area contributed by atoms with Crippen molar-refractivity contribution >= 4 is 23.8 Å². The maximum Gasteiger partial charge on any atom is 0.237 e. The first-order valence-corrected chi connectivity index (χ1v) is 7.29. The lowest BCUT2D eigenvalue weighted by Gasteiger charge is -2.29. The fourth-order valence-electron chi connectivity index (χ4n) is 2.39. The first kappa shape index (κ1) is 15.3. The fourth-order valence-corrected chi connectivity index (χ4v) is 2.39. The van der Waals surface area contributed by atoms with Crippen molar-refractivity contribution in [3.05, 3.63) is 0 Å². The molecule has 2 rings (SSSR count). The summed E-state index contributed by atoms with van der Waals surface area (Å²) in [5.41, 5.74) is 11.1. The Kier molecular flexibility index (Phi) is 4.77. The number of hydrogen-bond acceptors (Lipinski definition) is 7. The smallest absolute Gasteiger partial charge is 0.237 e. The van der Waals surface area contributed by atoms with Crippen LogP contribution in [0.15, 0.2) is 0 Å². The molecular formula is C13H23N7O. The van der Waals surface area contributed by atoms with E-state index < -0.39 is 5.91 Å². The predicted octanol–water partition coefficient (Wildman–Crippen LogP) is 0.144. The average molecular weight is 293 g/mol. The van der Waals surface area contributed by atoms with Crippen LogP contribution in [0.3, 0.4) is 0 Å². The minimum Gasteiger partial charge on any atom is -0.368 e. The van der Waals surface area contributed by atoms with Gasteiger partial charge in [0.05, 0.1) is 6.54 Å². The van der Waals surface area contributed by atoms with Gasteiger partial charge in [0.15, 0.2) is 0 Å².